The molecule has 0 unspecified atom stereocenters. The van der Waals surface area contributed by atoms with E-state index in [2.05, 4.69) is 32.1 Å². The van der Waals surface area contributed by atoms with Gasteiger partial charge in [0.1, 0.15) is 24.4 Å². The minimum absolute atomic E-state index is 0.0508. The van der Waals surface area contributed by atoms with Gasteiger partial charge in [-0.3, -0.25) is 4.79 Å². The van der Waals surface area contributed by atoms with Gasteiger partial charge < -0.3 is 44.1 Å². The molecule has 6 aliphatic heterocycles. The van der Waals surface area contributed by atoms with Gasteiger partial charge in [0.2, 0.25) is 0 Å². The average Bonchev–Trinajstić information content (AvgIpc) is 3.54. The standard InChI is InChI=1S/C47H66O11/c1-30(17-14-15-23-44(50)51)27-31(2)47-40-26-25-34(54-47)18-10-6-5-7-11-19-35(48)46(53)43-28-36(49)32(3)37(56-43)21-16-22-38-33(4)41-29-42(55-38)39(57-41)20-12-8-9-13-24-45(52)58-40/h6,8-13,16,19-20,22,24-27,30,32-43,46-49,53H,5,7,14-15,17-18,21,23,28-29H2,1-4H3,(H,50,51)/b9-8+,10-6+,19-11+,20-12+,22-16+,24-13-,31-27+/t30-,32-,33+,34+,35+,36+,37-,38+,39+,40+,41-,42-,43-,46+,47+/m1/s1. The Hall–Kier alpha value is -3.42. The molecule has 0 spiro atoms. The molecule has 6 rings (SSSR count). The number of fused-ring (bicyclic) bond motifs is 13. The predicted octanol–water partition coefficient (Wildman–Crippen LogP) is 6.80. The van der Waals surface area contributed by atoms with Crippen LogP contribution < -0.4 is 0 Å². The maximum absolute atomic E-state index is 13.0. The molecule has 320 valence electrons. The molecule has 0 aliphatic carbocycles. The molecular weight excluding hydrogens is 741 g/mol. The Morgan fingerprint density at radius 2 is 1.53 bits per heavy atom. The summed E-state index contributed by atoms with van der Waals surface area (Å²) in [6.07, 6.45) is 28.3. The van der Waals surface area contributed by atoms with Crippen LogP contribution in [-0.4, -0.2) is 106 Å². The number of carboxylic acid groups (broad SMARTS) is 1. The first kappa shape index (κ1) is 45.7. The number of carbonyl (C=O) groups is 2. The summed E-state index contributed by atoms with van der Waals surface area (Å²) in [5.41, 5.74) is 0.945. The molecule has 3 fully saturated rings. The summed E-state index contributed by atoms with van der Waals surface area (Å²) in [5, 5.41) is 41.7. The largest absolute Gasteiger partial charge is 0.481 e. The van der Waals surface area contributed by atoms with Crippen LogP contribution in [0.2, 0.25) is 0 Å². The van der Waals surface area contributed by atoms with Crippen LogP contribution in [0.15, 0.2) is 96.7 Å². The number of hydrogen-bond donors (Lipinski definition) is 4. The molecule has 3 saturated heterocycles. The number of carboxylic acids is 1. The molecular formula is C47H66O11. The topological polar surface area (TPSA) is 161 Å². The zero-order valence-corrected chi connectivity index (χ0v) is 34.5. The molecule has 6 heterocycles. The Morgan fingerprint density at radius 1 is 0.759 bits per heavy atom. The van der Waals surface area contributed by atoms with E-state index in [4.69, 9.17) is 28.8 Å². The van der Waals surface area contributed by atoms with Crippen molar-refractivity contribution < 1.29 is 53.7 Å². The van der Waals surface area contributed by atoms with Crippen molar-refractivity contribution in [3.63, 3.8) is 0 Å². The Balaban J connectivity index is 1.29. The van der Waals surface area contributed by atoms with Crippen LogP contribution in [-0.2, 0) is 33.3 Å². The summed E-state index contributed by atoms with van der Waals surface area (Å²) in [6.45, 7) is 8.15. The highest BCUT2D eigenvalue weighted by Gasteiger charge is 2.45. The lowest BCUT2D eigenvalue weighted by atomic mass is 9.85. The lowest BCUT2D eigenvalue weighted by molar-refractivity contribution is -0.175. The highest BCUT2D eigenvalue weighted by molar-refractivity contribution is 5.82. The highest BCUT2D eigenvalue weighted by Crippen LogP contribution is 2.38. The number of carbonyl (C=O) groups excluding carboxylic acids is 1. The minimum Gasteiger partial charge on any atom is -0.481 e. The van der Waals surface area contributed by atoms with Gasteiger partial charge >= 0.3 is 11.9 Å². The van der Waals surface area contributed by atoms with E-state index in [9.17, 15) is 24.9 Å². The molecule has 6 aliphatic rings. The van der Waals surface area contributed by atoms with E-state index in [1.807, 2.05) is 62.5 Å². The maximum Gasteiger partial charge on any atom is 0.331 e. The van der Waals surface area contributed by atoms with Crippen molar-refractivity contribution in [2.45, 2.75) is 165 Å². The lowest BCUT2D eigenvalue weighted by Crippen LogP contribution is -2.50. The summed E-state index contributed by atoms with van der Waals surface area (Å²) in [6, 6.07) is 0. The van der Waals surface area contributed by atoms with E-state index in [1.54, 1.807) is 18.2 Å². The Morgan fingerprint density at radius 3 is 2.34 bits per heavy atom. The zero-order valence-electron chi connectivity index (χ0n) is 34.5. The van der Waals surface area contributed by atoms with E-state index in [1.165, 1.54) is 6.08 Å². The van der Waals surface area contributed by atoms with Crippen molar-refractivity contribution in [3.05, 3.63) is 96.7 Å². The van der Waals surface area contributed by atoms with Gasteiger partial charge in [0.05, 0.1) is 42.7 Å². The average molecular weight is 807 g/mol. The van der Waals surface area contributed by atoms with E-state index >= 15 is 0 Å². The number of aliphatic hydroxyl groups is 3. The van der Waals surface area contributed by atoms with Gasteiger partial charge in [-0.2, -0.15) is 0 Å². The second kappa shape index (κ2) is 22.8. The predicted molar refractivity (Wildman–Crippen MR) is 222 cm³/mol. The van der Waals surface area contributed by atoms with E-state index in [0.717, 1.165) is 31.3 Å². The van der Waals surface area contributed by atoms with Crippen molar-refractivity contribution in [2.75, 3.05) is 0 Å². The highest BCUT2D eigenvalue weighted by atomic mass is 16.6. The molecule has 4 N–H and O–H groups in total. The molecule has 0 saturated carbocycles. The lowest BCUT2D eigenvalue weighted by Gasteiger charge is -2.40. The van der Waals surface area contributed by atoms with Crippen LogP contribution in [0.1, 0.15) is 91.9 Å². The number of allylic oxidation sites excluding steroid dienone is 7. The normalized spacial score (nSPS) is 41.7. The first-order chi connectivity index (χ1) is 27.9. The Kier molecular flexibility index (Phi) is 18.0. The van der Waals surface area contributed by atoms with Crippen molar-refractivity contribution >= 4 is 11.9 Å². The number of rotatable bonds is 7. The molecule has 15 atom stereocenters. The third kappa shape index (κ3) is 13.6. The second-order valence-electron chi connectivity index (χ2n) is 16.6. The Labute approximate surface area is 344 Å². The molecule has 58 heavy (non-hydrogen) atoms. The fourth-order valence-electron chi connectivity index (χ4n) is 8.38. The molecule has 0 aromatic carbocycles. The number of hydrogen-bond acceptors (Lipinski definition) is 10. The number of unbranched alkanes of at least 4 members (excludes halogenated alkanes) is 1. The van der Waals surface area contributed by atoms with Crippen LogP contribution in [0.25, 0.3) is 0 Å². The number of aliphatic hydroxyl groups excluding tert-OH is 3. The monoisotopic (exact) mass is 806 g/mol. The van der Waals surface area contributed by atoms with Crippen molar-refractivity contribution in [3.8, 4) is 0 Å². The second-order valence-corrected chi connectivity index (χ2v) is 16.6. The summed E-state index contributed by atoms with van der Waals surface area (Å²) in [7, 11) is 0. The van der Waals surface area contributed by atoms with Gasteiger partial charge in [-0.05, 0) is 63.0 Å². The third-order valence-electron chi connectivity index (χ3n) is 12.0. The zero-order chi connectivity index (χ0) is 41.6. The van der Waals surface area contributed by atoms with E-state index in [-0.39, 0.29) is 67.2 Å². The van der Waals surface area contributed by atoms with Crippen molar-refractivity contribution in [1.29, 1.82) is 0 Å². The first-order valence-electron chi connectivity index (χ1n) is 21.3. The third-order valence-corrected chi connectivity index (χ3v) is 12.0. The molecule has 0 aromatic heterocycles. The van der Waals surface area contributed by atoms with Gasteiger partial charge in [-0.1, -0.05) is 106 Å². The summed E-state index contributed by atoms with van der Waals surface area (Å²) in [5.74, 6) is -1.09. The minimum atomic E-state index is -1.18. The van der Waals surface area contributed by atoms with Crippen molar-refractivity contribution in [2.24, 2.45) is 17.8 Å². The fourth-order valence-corrected chi connectivity index (χ4v) is 8.38. The van der Waals surface area contributed by atoms with Crippen molar-refractivity contribution in [1.82, 2.24) is 0 Å². The number of esters is 1. The quantitative estimate of drug-likeness (QED) is 0.122. The van der Waals surface area contributed by atoms with E-state index < -0.39 is 48.6 Å². The van der Waals surface area contributed by atoms with Gasteiger partial charge in [0.25, 0.3) is 0 Å². The van der Waals surface area contributed by atoms with E-state index in [0.29, 0.717) is 25.7 Å². The molecule has 11 heteroatoms. The fraction of sp³-hybridized carbons (Fsp3) is 0.617. The van der Waals surface area contributed by atoms with Gasteiger partial charge in [0, 0.05) is 37.2 Å². The molecule has 7 bridgehead atoms. The molecule has 0 amide bonds. The number of aliphatic carboxylic acids is 1. The summed E-state index contributed by atoms with van der Waals surface area (Å²) < 4.78 is 31.5. The number of ether oxygens (including phenoxy) is 5. The summed E-state index contributed by atoms with van der Waals surface area (Å²) in [4.78, 5) is 23.9. The molecule has 0 aromatic rings. The smallest absolute Gasteiger partial charge is 0.331 e. The maximum atomic E-state index is 13.0. The van der Waals surface area contributed by atoms with Gasteiger partial charge in [-0.25, -0.2) is 4.79 Å². The van der Waals surface area contributed by atoms with Gasteiger partial charge in [0.15, 0.2) is 6.10 Å². The van der Waals surface area contributed by atoms with Crippen LogP contribution in [0.3, 0.4) is 0 Å². The van der Waals surface area contributed by atoms with Crippen LogP contribution in [0, 0.1) is 17.8 Å². The first-order valence-corrected chi connectivity index (χ1v) is 21.3. The Bertz CT molecular complexity index is 1570. The van der Waals surface area contributed by atoms with Crippen LogP contribution >= 0.6 is 0 Å². The molecule has 0 radical (unpaired) electrons. The van der Waals surface area contributed by atoms with Gasteiger partial charge in [-0.15, -0.1) is 0 Å². The summed E-state index contributed by atoms with van der Waals surface area (Å²) >= 11 is 0. The van der Waals surface area contributed by atoms with Crippen LogP contribution in [0.5, 0.6) is 0 Å². The SMILES string of the molecule is C/C(=C\[C@H](C)CCCCC(=O)O)[C@@H]1O[C@@H]2C=C[C@@H]1OC(=O)\C=C/C=C/C=C/[C@@H]1O[C@@H]3C[C@H]1O[C@@H](/C=C/C[C@H]1O[C@H](C[C@H](O)[C@H]1C)[C@@H](O)[C@@H](O)/C=C/CC/C=C/C2)[C@@H]3C. The molecule has 11 nitrogen and oxygen atoms in total. The van der Waals surface area contributed by atoms with Crippen LogP contribution in [0.4, 0.5) is 0 Å².